The lowest BCUT2D eigenvalue weighted by Gasteiger charge is -2.31. The second kappa shape index (κ2) is 8.13. The largest absolute Gasteiger partial charge is 0.507 e. The molecule has 1 fully saturated rings. The van der Waals surface area contributed by atoms with Gasteiger partial charge >= 0.3 is 0 Å². The number of carbonyl (C=O) groups excluding carboxylic acids is 1. The number of hydrazine groups is 1. The van der Waals surface area contributed by atoms with E-state index in [1.54, 1.807) is 11.1 Å². The quantitative estimate of drug-likeness (QED) is 0.554. The fraction of sp³-hybridized carbons (Fsp3) is 0.455. The summed E-state index contributed by atoms with van der Waals surface area (Å²) in [6.07, 6.45) is 1.48. The van der Waals surface area contributed by atoms with E-state index in [4.69, 9.17) is 23.2 Å². The first-order valence-corrected chi connectivity index (χ1v) is 11.5. The Morgan fingerprint density at radius 2 is 1.67 bits per heavy atom. The molecule has 0 unspecified atom stereocenters. The summed E-state index contributed by atoms with van der Waals surface area (Å²) in [6.45, 7) is 12.4. The summed E-state index contributed by atoms with van der Waals surface area (Å²) in [5, 5.41) is 13.0. The lowest BCUT2D eigenvalue weighted by atomic mass is 9.78. The number of phenols is 1. The van der Waals surface area contributed by atoms with E-state index in [2.05, 4.69) is 52.0 Å². The molecule has 2 heterocycles. The molecule has 5 nitrogen and oxygen atoms in total. The second-order valence-corrected chi connectivity index (χ2v) is 11.4. The fourth-order valence-electron chi connectivity index (χ4n) is 3.35. The number of pyridine rings is 1. The van der Waals surface area contributed by atoms with E-state index in [9.17, 15) is 9.90 Å². The molecule has 3 rings (SSSR count). The molecule has 0 spiro atoms. The van der Waals surface area contributed by atoms with E-state index in [0.29, 0.717) is 27.4 Å². The number of anilines is 1. The maximum Gasteiger partial charge on any atom is 0.252 e. The van der Waals surface area contributed by atoms with Gasteiger partial charge in [-0.3, -0.25) is 10.2 Å². The van der Waals surface area contributed by atoms with Crippen molar-refractivity contribution in [3.05, 3.63) is 51.1 Å². The molecular weight excluding hydrogens is 441 g/mol. The van der Waals surface area contributed by atoms with E-state index in [1.165, 1.54) is 18.0 Å². The molecule has 30 heavy (non-hydrogen) atoms. The number of nitrogens with one attached hydrogen (secondary N) is 1. The van der Waals surface area contributed by atoms with Crippen molar-refractivity contribution in [2.75, 3.05) is 11.2 Å². The monoisotopic (exact) mass is 467 g/mol. The standard InChI is InChI=1S/C22H27Cl2N3O2S/c1-21(2,3)14-7-12(8-15(18(14)29)22(4,5)6)20-27(17(28)11-30-20)26-19-16(24)9-13(23)10-25-19/h7-10,20,29H,11H2,1-6H3,(H,25,26)/t20-/m0/s1. The van der Waals surface area contributed by atoms with Gasteiger partial charge in [0.05, 0.1) is 15.8 Å². The fourth-order valence-corrected chi connectivity index (χ4v) is 4.85. The van der Waals surface area contributed by atoms with Gasteiger partial charge in [-0.1, -0.05) is 64.7 Å². The SMILES string of the molecule is CC(C)(C)c1cc([C@@H]2SCC(=O)N2Nc2ncc(Cl)cc2Cl)cc(C(C)(C)C)c1O. The molecule has 1 saturated heterocycles. The minimum Gasteiger partial charge on any atom is -0.507 e. The number of rotatable bonds is 3. The molecule has 2 aromatic rings. The van der Waals surface area contributed by atoms with Crippen LogP contribution in [0.15, 0.2) is 24.4 Å². The number of thioether (sulfide) groups is 1. The summed E-state index contributed by atoms with van der Waals surface area (Å²) in [7, 11) is 0. The predicted octanol–water partition coefficient (Wildman–Crippen LogP) is 6.29. The summed E-state index contributed by atoms with van der Waals surface area (Å²) in [6, 6.07) is 5.57. The highest BCUT2D eigenvalue weighted by Gasteiger charge is 2.36. The minimum atomic E-state index is -0.283. The zero-order valence-corrected chi connectivity index (χ0v) is 20.3. The molecule has 1 atom stereocenters. The lowest BCUT2D eigenvalue weighted by molar-refractivity contribution is -0.126. The van der Waals surface area contributed by atoms with Crippen LogP contribution in [0.3, 0.4) is 0 Å². The zero-order valence-electron chi connectivity index (χ0n) is 18.0. The van der Waals surface area contributed by atoms with Crippen molar-refractivity contribution < 1.29 is 9.90 Å². The van der Waals surface area contributed by atoms with E-state index < -0.39 is 0 Å². The third-order valence-corrected chi connectivity index (χ3v) is 6.64. The molecule has 0 bridgehead atoms. The Morgan fingerprint density at radius 3 is 2.17 bits per heavy atom. The van der Waals surface area contributed by atoms with Crippen LogP contribution in [-0.4, -0.2) is 26.8 Å². The van der Waals surface area contributed by atoms with Gasteiger partial charge in [-0.2, -0.15) is 0 Å². The van der Waals surface area contributed by atoms with Crippen molar-refractivity contribution in [2.24, 2.45) is 0 Å². The number of halogens is 2. The number of nitrogens with zero attached hydrogens (tertiary/aromatic N) is 2. The van der Waals surface area contributed by atoms with Crippen molar-refractivity contribution in [1.29, 1.82) is 0 Å². The molecular formula is C22H27Cl2N3O2S. The van der Waals surface area contributed by atoms with E-state index >= 15 is 0 Å². The Kier molecular flexibility index (Phi) is 6.25. The van der Waals surface area contributed by atoms with Crippen LogP contribution >= 0.6 is 35.0 Å². The molecule has 162 valence electrons. The van der Waals surface area contributed by atoms with Crippen LogP contribution < -0.4 is 5.43 Å². The lowest BCUT2D eigenvalue weighted by Crippen LogP contribution is -2.34. The molecule has 1 aromatic heterocycles. The average molecular weight is 468 g/mol. The highest BCUT2D eigenvalue weighted by molar-refractivity contribution is 8.00. The first kappa shape index (κ1) is 23.0. The van der Waals surface area contributed by atoms with Gasteiger partial charge in [-0.25, -0.2) is 9.99 Å². The van der Waals surface area contributed by atoms with Gasteiger partial charge in [0.25, 0.3) is 5.91 Å². The molecule has 1 aromatic carbocycles. The number of amides is 1. The molecule has 1 aliphatic rings. The second-order valence-electron chi connectivity index (χ2n) is 9.49. The molecule has 2 N–H and O–H groups in total. The van der Waals surface area contributed by atoms with Crippen LogP contribution in [-0.2, 0) is 15.6 Å². The third-order valence-electron chi connectivity index (χ3n) is 4.94. The van der Waals surface area contributed by atoms with Crippen molar-refractivity contribution in [2.45, 2.75) is 57.7 Å². The smallest absolute Gasteiger partial charge is 0.252 e. The maximum atomic E-state index is 12.7. The molecule has 0 radical (unpaired) electrons. The van der Waals surface area contributed by atoms with E-state index in [-0.39, 0.29) is 22.1 Å². The Morgan fingerprint density at radius 1 is 1.10 bits per heavy atom. The van der Waals surface area contributed by atoms with Crippen LogP contribution in [0.5, 0.6) is 5.75 Å². The molecule has 1 amide bonds. The maximum absolute atomic E-state index is 12.7. The van der Waals surface area contributed by atoms with Crippen LogP contribution in [0.2, 0.25) is 10.0 Å². The van der Waals surface area contributed by atoms with Gasteiger partial charge in [0.15, 0.2) is 5.82 Å². The summed E-state index contributed by atoms with van der Waals surface area (Å²) in [5.41, 5.74) is 5.20. The van der Waals surface area contributed by atoms with Gasteiger partial charge in [-0.05, 0) is 45.7 Å². The molecule has 0 aliphatic carbocycles. The van der Waals surface area contributed by atoms with Gasteiger partial charge < -0.3 is 5.11 Å². The summed E-state index contributed by atoms with van der Waals surface area (Å²) in [5.74, 6) is 0.947. The van der Waals surface area contributed by atoms with E-state index in [0.717, 1.165) is 16.7 Å². The van der Waals surface area contributed by atoms with Crippen LogP contribution in [0.1, 0.15) is 63.6 Å². The van der Waals surface area contributed by atoms with Gasteiger partial charge in [0.1, 0.15) is 11.1 Å². The van der Waals surface area contributed by atoms with Crippen molar-refractivity contribution in [1.82, 2.24) is 9.99 Å². The van der Waals surface area contributed by atoms with Crippen molar-refractivity contribution in [3.63, 3.8) is 0 Å². The number of aromatic hydroxyl groups is 1. The van der Waals surface area contributed by atoms with Crippen molar-refractivity contribution >= 4 is 46.7 Å². The Balaban J connectivity index is 2.07. The predicted molar refractivity (Wildman–Crippen MR) is 125 cm³/mol. The minimum absolute atomic E-state index is 0.0690. The highest BCUT2D eigenvalue weighted by atomic mass is 35.5. The van der Waals surface area contributed by atoms with Gasteiger partial charge in [0, 0.05) is 6.20 Å². The Labute approximate surface area is 192 Å². The molecule has 0 saturated carbocycles. The number of carbonyl (C=O) groups is 1. The number of hydrogen-bond donors (Lipinski definition) is 2. The summed E-state index contributed by atoms with van der Waals surface area (Å²) in [4.78, 5) is 16.9. The highest BCUT2D eigenvalue weighted by Crippen LogP contribution is 2.45. The van der Waals surface area contributed by atoms with Crippen LogP contribution in [0.4, 0.5) is 5.82 Å². The average Bonchev–Trinajstić information content (AvgIpc) is 2.96. The normalized spacial score (nSPS) is 17.5. The third kappa shape index (κ3) is 4.66. The van der Waals surface area contributed by atoms with Crippen molar-refractivity contribution in [3.8, 4) is 5.75 Å². The van der Waals surface area contributed by atoms with Crippen LogP contribution in [0.25, 0.3) is 0 Å². The Hall–Kier alpha value is -1.63. The Bertz CT molecular complexity index is 948. The number of aromatic nitrogens is 1. The number of hydrogen-bond acceptors (Lipinski definition) is 5. The topological polar surface area (TPSA) is 65.5 Å². The first-order valence-electron chi connectivity index (χ1n) is 9.68. The van der Waals surface area contributed by atoms with Gasteiger partial charge in [-0.15, -0.1) is 11.8 Å². The zero-order chi connectivity index (χ0) is 22.4. The van der Waals surface area contributed by atoms with E-state index in [1.807, 2.05) is 12.1 Å². The summed E-state index contributed by atoms with van der Waals surface area (Å²) >= 11 is 13.7. The summed E-state index contributed by atoms with van der Waals surface area (Å²) < 4.78 is 0. The number of benzene rings is 1. The first-order chi connectivity index (χ1) is 13.8. The molecule has 1 aliphatic heterocycles. The van der Waals surface area contributed by atoms with Crippen LogP contribution in [0, 0.1) is 0 Å². The molecule has 8 heteroatoms. The number of phenolic OH excluding ortho intramolecular Hbond substituents is 1. The van der Waals surface area contributed by atoms with Gasteiger partial charge in [0.2, 0.25) is 0 Å².